The Bertz CT molecular complexity index is 356. The molecule has 0 unspecified atom stereocenters. The van der Waals surface area contributed by atoms with Crippen molar-refractivity contribution in [3.63, 3.8) is 0 Å². The highest BCUT2D eigenvalue weighted by Gasteiger charge is 2.07. The van der Waals surface area contributed by atoms with Gasteiger partial charge in [-0.1, -0.05) is 37.3 Å². The van der Waals surface area contributed by atoms with Crippen LogP contribution in [-0.4, -0.2) is 24.3 Å². The molecule has 0 bridgehead atoms. The lowest BCUT2D eigenvalue weighted by atomic mass is 10.4. The molecule has 74 valence electrons. The molecule has 0 aliphatic carbocycles. The summed E-state index contributed by atoms with van der Waals surface area (Å²) >= 11 is 1.54. The number of aromatic nitrogens is 2. The molecule has 14 heavy (non-hydrogen) atoms. The SMILES string of the molecule is CSc1ncc(C#C[Si](C)(C)C)cn1. The molecule has 0 aromatic carbocycles. The summed E-state index contributed by atoms with van der Waals surface area (Å²) in [5.41, 5.74) is 4.19. The molecule has 0 aliphatic rings. The highest BCUT2D eigenvalue weighted by atomic mass is 32.2. The standard InChI is InChI=1S/C10H14N2SSi/c1-13-10-11-7-9(8-12-10)5-6-14(2,3)4/h7-8H,1-4H3. The molecule has 0 N–H and O–H groups in total. The van der Waals surface area contributed by atoms with Gasteiger partial charge in [0.25, 0.3) is 0 Å². The highest BCUT2D eigenvalue weighted by molar-refractivity contribution is 7.98. The second-order valence-electron chi connectivity index (χ2n) is 3.96. The van der Waals surface area contributed by atoms with Crippen LogP contribution in [0.2, 0.25) is 19.6 Å². The van der Waals surface area contributed by atoms with E-state index in [2.05, 4.69) is 41.1 Å². The lowest BCUT2D eigenvalue weighted by Crippen LogP contribution is -2.16. The third-order valence-corrected chi connectivity index (χ3v) is 2.84. The molecule has 2 nitrogen and oxygen atoms in total. The van der Waals surface area contributed by atoms with E-state index in [0.717, 1.165) is 10.7 Å². The van der Waals surface area contributed by atoms with Crippen LogP contribution in [0.5, 0.6) is 0 Å². The van der Waals surface area contributed by atoms with E-state index in [-0.39, 0.29) is 0 Å². The molecule has 0 amide bonds. The van der Waals surface area contributed by atoms with E-state index < -0.39 is 8.07 Å². The molecule has 0 radical (unpaired) electrons. The zero-order valence-corrected chi connectivity index (χ0v) is 10.8. The normalized spacial score (nSPS) is 10.6. The Morgan fingerprint density at radius 1 is 1.21 bits per heavy atom. The third-order valence-electron chi connectivity index (χ3n) is 1.39. The van der Waals surface area contributed by atoms with Crippen LogP contribution in [0.1, 0.15) is 5.56 Å². The van der Waals surface area contributed by atoms with Crippen molar-refractivity contribution in [1.29, 1.82) is 0 Å². The summed E-state index contributed by atoms with van der Waals surface area (Å²) in [4.78, 5) is 8.33. The quantitative estimate of drug-likeness (QED) is 0.316. The smallest absolute Gasteiger partial charge is 0.187 e. The zero-order valence-electron chi connectivity index (χ0n) is 8.96. The van der Waals surface area contributed by atoms with E-state index in [0.29, 0.717) is 0 Å². The van der Waals surface area contributed by atoms with Crippen LogP contribution < -0.4 is 0 Å². The van der Waals surface area contributed by atoms with Crippen molar-refractivity contribution in [3.05, 3.63) is 18.0 Å². The Labute approximate surface area is 90.6 Å². The second kappa shape index (κ2) is 4.62. The van der Waals surface area contributed by atoms with E-state index >= 15 is 0 Å². The lowest BCUT2D eigenvalue weighted by molar-refractivity contribution is 0.965. The summed E-state index contributed by atoms with van der Waals surface area (Å²) in [6.07, 6.45) is 5.53. The van der Waals surface area contributed by atoms with Gasteiger partial charge in [-0.05, 0) is 6.26 Å². The number of rotatable bonds is 1. The number of thioether (sulfide) groups is 1. The Morgan fingerprint density at radius 2 is 1.79 bits per heavy atom. The summed E-state index contributed by atoms with van der Waals surface area (Å²) in [6, 6.07) is 0. The summed E-state index contributed by atoms with van der Waals surface area (Å²) in [6.45, 7) is 6.66. The average Bonchev–Trinajstić information content (AvgIpc) is 2.14. The van der Waals surface area contributed by atoms with Crippen LogP contribution >= 0.6 is 11.8 Å². The minimum atomic E-state index is -1.28. The van der Waals surface area contributed by atoms with Crippen molar-refractivity contribution in [2.24, 2.45) is 0 Å². The molecule has 1 aromatic heterocycles. The molecule has 0 spiro atoms. The molecule has 1 aromatic rings. The van der Waals surface area contributed by atoms with Crippen molar-refractivity contribution in [2.75, 3.05) is 6.26 Å². The Balaban J connectivity index is 2.82. The van der Waals surface area contributed by atoms with Crippen molar-refractivity contribution < 1.29 is 0 Å². The summed E-state index contributed by atoms with van der Waals surface area (Å²) in [5.74, 6) is 3.11. The predicted octanol–water partition coefficient (Wildman–Crippen LogP) is 2.43. The molecule has 0 saturated carbocycles. The first-order chi connectivity index (χ1) is 6.51. The topological polar surface area (TPSA) is 25.8 Å². The van der Waals surface area contributed by atoms with Gasteiger partial charge in [0.2, 0.25) is 0 Å². The fourth-order valence-electron chi connectivity index (χ4n) is 0.746. The summed E-state index contributed by atoms with van der Waals surface area (Å²) in [5, 5.41) is 0.795. The number of hydrogen-bond acceptors (Lipinski definition) is 3. The van der Waals surface area contributed by atoms with Gasteiger partial charge in [0.15, 0.2) is 5.16 Å². The molecular formula is C10H14N2SSi. The van der Waals surface area contributed by atoms with Gasteiger partial charge in [-0.15, -0.1) is 5.54 Å². The first-order valence-electron chi connectivity index (χ1n) is 4.40. The minimum absolute atomic E-state index is 0.795. The van der Waals surface area contributed by atoms with Crippen LogP contribution in [0.3, 0.4) is 0 Å². The van der Waals surface area contributed by atoms with E-state index in [9.17, 15) is 0 Å². The molecule has 0 saturated heterocycles. The fraction of sp³-hybridized carbons (Fsp3) is 0.400. The zero-order chi connectivity index (χ0) is 10.6. The summed E-state index contributed by atoms with van der Waals surface area (Å²) < 4.78 is 0. The number of nitrogens with zero attached hydrogens (tertiary/aromatic N) is 2. The van der Waals surface area contributed by atoms with Gasteiger partial charge >= 0.3 is 0 Å². The maximum absolute atomic E-state index is 4.16. The third kappa shape index (κ3) is 3.94. The minimum Gasteiger partial charge on any atom is -0.230 e. The first kappa shape index (κ1) is 11.3. The van der Waals surface area contributed by atoms with Crippen molar-refractivity contribution in [2.45, 2.75) is 24.8 Å². The van der Waals surface area contributed by atoms with Crippen LogP contribution in [0, 0.1) is 11.5 Å². The van der Waals surface area contributed by atoms with Gasteiger partial charge in [0.05, 0.1) is 5.56 Å². The average molecular weight is 222 g/mol. The maximum Gasteiger partial charge on any atom is 0.187 e. The van der Waals surface area contributed by atoms with E-state index in [1.807, 2.05) is 6.26 Å². The van der Waals surface area contributed by atoms with Crippen LogP contribution in [-0.2, 0) is 0 Å². The number of hydrogen-bond donors (Lipinski definition) is 0. The fourth-order valence-corrected chi connectivity index (χ4v) is 1.58. The maximum atomic E-state index is 4.16. The van der Waals surface area contributed by atoms with E-state index in [4.69, 9.17) is 0 Å². The van der Waals surface area contributed by atoms with Crippen LogP contribution in [0.4, 0.5) is 0 Å². The van der Waals surface area contributed by atoms with Gasteiger partial charge in [0, 0.05) is 12.4 Å². The molecule has 0 aliphatic heterocycles. The Morgan fingerprint density at radius 3 is 2.21 bits per heavy atom. The Kier molecular flexibility index (Phi) is 3.73. The predicted molar refractivity (Wildman–Crippen MR) is 64.0 cm³/mol. The van der Waals surface area contributed by atoms with Crippen molar-refractivity contribution in [1.82, 2.24) is 9.97 Å². The Hall–Kier alpha value is -0.793. The van der Waals surface area contributed by atoms with Gasteiger partial charge < -0.3 is 0 Å². The largest absolute Gasteiger partial charge is 0.230 e. The molecule has 0 atom stereocenters. The molecule has 4 heteroatoms. The molecular weight excluding hydrogens is 208 g/mol. The molecule has 1 heterocycles. The van der Waals surface area contributed by atoms with Crippen LogP contribution in [0.15, 0.2) is 17.6 Å². The first-order valence-corrected chi connectivity index (χ1v) is 9.13. The van der Waals surface area contributed by atoms with Crippen LogP contribution in [0.25, 0.3) is 0 Å². The van der Waals surface area contributed by atoms with E-state index in [1.54, 1.807) is 12.4 Å². The van der Waals surface area contributed by atoms with Gasteiger partial charge in [-0.3, -0.25) is 0 Å². The summed E-state index contributed by atoms with van der Waals surface area (Å²) in [7, 11) is -1.28. The van der Waals surface area contributed by atoms with Gasteiger partial charge in [0.1, 0.15) is 8.07 Å². The van der Waals surface area contributed by atoms with Gasteiger partial charge in [-0.25, -0.2) is 9.97 Å². The molecule has 0 fully saturated rings. The lowest BCUT2D eigenvalue weighted by Gasteiger charge is -2.03. The van der Waals surface area contributed by atoms with Crippen molar-refractivity contribution >= 4 is 19.8 Å². The van der Waals surface area contributed by atoms with Crippen molar-refractivity contribution in [3.8, 4) is 11.5 Å². The monoisotopic (exact) mass is 222 g/mol. The van der Waals surface area contributed by atoms with E-state index in [1.165, 1.54) is 11.8 Å². The molecule has 1 rings (SSSR count). The second-order valence-corrected chi connectivity index (χ2v) is 9.48. The van der Waals surface area contributed by atoms with Gasteiger partial charge in [-0.2, -0.15) is 0 Å². The highest BCUT2D eigenvalue weighted by Crippen LogP contribution is 2.06.